The summed E-state index contributed by atoms with van der Waals surface area (Å²) in [6.07, 6.45) is 1.64. The number of unbranched alkanes of at least 4 members (excludes halogenated alkanes) is 1. The minimum Gasteiger partial charge on any atom is -0.495 e. The number of rotatable bonds is 8. The summed E-state index contributed by atoms with van der Waals surface area (Å²) in [4.78, 5) is 0. The van der Waals surface area contributed by atoms with Gasteiger partial charge in [0.1, 0.15) is 5.75 Å². The van der Waals surface area contributed by atoms with Gasteiger partial charge < -0.3 is 18.9 Å². The highest BCUT2D eigenvalue weighted by atomic mass is 16.5. The van der Waals surface area contributed by atoms with E-state index in [9.17, 15) is 0 Å². The molecule has 0 aliphatic heterocycles. The quantitative estimate of drug-likeness (QED) is 0.536. The van der Waals surface area contributed by atoms with E-state index in [0.717, 1.165) is 18.4 Å². The van der Waals surface area contributed by atoms with Crippen LogP contribution in [0.4, 0.5) is 0 Å². The number of benzene rings is 2. The van der Waals surface area contributed by atoms with E-state index in [1.54, 1.807) is 27.4 Å². The van der Waals surface area contributed by atoms with Crippen LogP contribution in [0.15, 0.2) is 42.5 Å². The summed E-state index contributed by atoms with van der Waals surface area (Å²) in [7, 11) is 4.81. The SMILES string of the molecule is COc1cc(OC)c(OC)cc1C#CCCCOCc1ccccc1. The molecule has 0 aliphatic rings. The zero-order valence-electron chi connectivity index (χ0n) is 15.0. The van der Waals surface area contributed by atoms with E-state index in [0.29, 0.717) is 30.5 Å². The Morgan fingerprint density at radius 1 is 0.840 bits per heavy atom. The largest absolute Gasteiger partial charge is 0.495 e. The van der Waals surface area contributed by atoms with Crippen molar-refractivity contribution in [2.24, 2.45) is 0 Å². The summed E-state index contributed by atoms with van der Waals surface area (Å²) >= 11 is 0. The van der Waals surface area contributed by atoms with Crippen LogP contribution >= 0.6 is 0 Å². The molecular weight excluding hydrogens is 316 g/mol. The second kappa shape index (κ2) is 10.3. The summed E-state index contributed by atoms with van der Waals surface area (Å²) in [5.41, 5.74) is 1.97. The van der Waals surface area contributed by atoms with Gasteiger partial charge in [-0.15, -0.1) is 0 Å². The van der Waals surface area contributed by atoms with Crippen LogP contribution in [-0.2, 0) is 11.3 Å². The van der Waals surface area contributed by atoms with Crippen molar-refractivity contribution < 1.29 is 18.9 Å². The monoisotopic (exact) mass is 340 g/mol. The van der Waals surface area contributed by atoms with Crippen molar-refractivity contribution >= 4 is 0 Å². The number of hydrogen-bond donors (Lipinski definition) is 0. The van der Waals surface area contributed by atoms with Gasteiger partial charge in [-0.1, -0.05) is 42.2 Å². The minimum absolute atomic E-state index is 0.624. The summed E-state index contributed by atoms with van der Waals surface area (Å²) in [6, 6.07) is 13.8. The van der Waals surface area contributed by atoms with Gasteiger partial charge in [-0.3, -0.25) is 0 Å². The smallest absolute Gasteiger partial charge is 0.164 e. The molecule has 0 saturated heterocycles. The van der Waals surface area contributed by atoms with Crippen LogP contribution in [0.5, 0.6) is 17.2 Å². The standard InChI is InChI=1S/C21H24O4/c1-22-19-15-21(24-3)20(23-2)14-18(19)12-8-5-9-13-25-16-17-10-6-4-7-11-17/h4,6-7,10-11,14-15H,5,9,13,16H2,1-3H3. The third-order valence-corrected chi connectivity index (χ3v) is 3.63. The van der Waals surface area contributed by atoms with Crippen molar-refractivity contribution in [3.05, 3.63) is 53.6 Å². The Morgan fingerprint density at radius 2 is 1.52 bits per heavy atom. The third kappa shape index (κ3) is 5.74. The molecule has 0 N–H and O–H groups in total. The van der Waals surface area contributed by atoms with E-state index >= 15 is 0 Å². The van der Waals surface area contributed by atoms with E-state index in [2.05, 4.69) is 24.0 Å². The van der Waals surface area contributed by atoms with Crippen LogP contribution in [0.3, 0.4) is 0 Å². The average molecular weight is 340 g/mol. The maximum absolute atomic E-state index is 5.65. The molecule has 0 aliphatic carbocycles. The third-order valence-electron chi connectivity index (χ3n) is 3.63. The van der Waals surface area contributed by atoms with Crippen LogP contribution in [0.2, 0.25) is 0 Å². The molecule has 0 atom stereocenters. The Morgan fingerprint density at radius 3 is 2.20 bits per heavy atom. The predicted molar refractivity (Wildman–Crippen MR) is 98.3 cm³/mol. The van der Waals surface area contributed by atoms with Gasteiger partial charge in [0.05, 0.1) is 33.5 Å². The lowest BCUT2D eigenvalue weighted by molar-refractivity contribution is 0.119. The van der Waals surface area contributed by atoms with Gasteiger partial charge in [-0.25, -0.2) is 0 Å². The normalized spacial score (nSPS) is 9.88. The van der Waals surface area contributed by atoms with Crippen molar-refractivity contribution in [1.82, 2.24) is 0 Å². The fourth-order valence-electron chi connectivity index (χ4n) is 2.31. The molecular formula is C21H24O4. The van der Waals surface area contributed by atoms with Crippen molar-refractivity contribution in [2.45, 2.75) is 19.4 Å². The molecule has 0 aromatic heterocycles. The molecule has 0 amide bonds. The summed E-state index contributed by atoms with van der Waals surface area (Å²) < 4.78 is 21.6. The zero-order valence-corrected chi connectivity index (χ0v) is 15.0. The first-order chi connectivity index (χ1) is 12.3. The average Bonchev–Trinajstić information content (AvgIpc) is 2.67. The Hall–Kier alpha value is -2.64. The minimum atomic E-state index is 0.624. The fraction of sp³-hybridized carbons (Fsp3) is 0.333. The molecule has 0 bridgehead atoms. The van der Waals surface area contributed by atoms with Gasteiger partial charge in [0.2, 0.25) is 0 Å². The van der Waals surface area contributed by atoms with Gasteiger partial charge in [-0.2, -0.15) is 0 Å². The second-order valence-corrected chi connectivity index (χ2v) is 5.35. The van der Waals surface area contributed by atoms with Gasteiger partial charge in [0.15, 0.2) is 11.5 Å². The molecule has 2 aromatic rings. The Balaban J connectivity index is 1.84. The number of hydrogen-bond acceptors (Lipinski definition) is 4. The Labute approximate surface area is 149 Å². The van der Waals surface area contributed by atoms with Gasteiger partial charge in [0.25, 0.3) is 0 Å². The molecule has 0 heterocycles. The first kappa shape index (κ1) is 18.7. The molecule has 4 heteroatoms. The fourth-order valence-corrected chi connectivity index (χ4v) is 2.31. The zero-order chi connectivity index (χ0) is 17.9. The maximum Gasteiger partial charge on any atom is 0.164 e. The second-order valence-electron chi connectivity index (χ2n) is 5.35. The van der Waals surface area contributed by atoms with E-state index in [1.807, 2.05) is 24.3 Å². The van der Waals surface area contributed by atoms with Crippen LogP contribution in [0.25, 0.3) is 0 Å². The molecule has 132 valence electrons. The maximum atomic E-state index is 5.65. The van der Waals surface area contributed by atoms with Crippen LogP contribution in [0, 0.1) is 11.8 Å². The lowest BCUT2D eigenvalue weighted by atomic mass is 10.1. The van der Waals surface area contributed by atoms with E-state index < -0.39 is 0 Å². The van der Waals surface area contributed by atoms with Crippen molar-refractivity contribution in [3.63, 3.8) is 0 Å². The lowest BCUT2D eigenvalue weighted by Gasteiger charge is -2.11. The van der Waals surface area contributed by atoms with Crippen LogP contribution in [-0.4, -0.2) is 27.9 Å². The topological polar surface area (TPSA) is 36.9 Å². The molecule has 0 saturated carbocycles. The molecule has 2 rings (SSSR count). The molecule has 25 heavy (non-hydrogen) atoms. The summed E-state index contributed by atoms with van der Waals surface area (Å²) in [5.74, 6) is 8.22. The molecule has 0 radical (unpaired) electrons. The lowest BCUT2D eigenvalue weighted by Crippen LogP contribution is -1.95. The van der Waals surface area contributed by atoms with Crippen LogP contribution in [0.1, 0.15) is 24.0 Å². The molecule has 0 spiro atoms. The highest BCUT2D eigenvalue weighted by molar-refractivity contribution is 5.56. The van der Waals surface area contributed by atoms with Crippen LogP contribution < -0.4 is 14.2 Å². The van der Waals surface area contributed by atoms with Gasteiger partial charge in [0, 0.05) is 25.2 Å². The molecule has 0 unspecified atom stereocenters. The summed E-state index contributed by atoms with van der Waals surface area (Å²) in [5, 5.41) is 0. The van der Waals surface area contributed by atoms with E-state index in [4.69, 9.17) is 18.9 Å². The highest BCUT2D eigenvalue weighted by Crippen LogP contribution is 2.34. The number of methoxy groups -OCH3 is 3. The van der Waals surface area contributed by atoms with Gasteiger partial charge >= 0.3 is 0 Å². The first-order valence-electron chi connectivity index (χ1n) is 8.19. The van der Waals surface area contributed by atoms with Gasteiger partial charge in [-0.05, 0) is 12.0 Å². The molecule has 2 aromatic carbocycles. The Kier molecular flexibility index (Phi) is 7.68. The molecule has 4 nitrogen and oxygen atoms in total. The first-order valence-corrected chi connectivity index (χ1v) is 8.19. The van der Waals surface area contributed by atoms with Crippen molar-refractivity contribution in [3.8, 4) is 29.1 Å². The Bertz CT molecular complexity index is 714. The van der Waals surface area contributed by atoms with Crippen molar-refractivity contribution in [2.75, 3.05) is 27.9 Å². The van der Waals surface area contributed by atoms with E-state index in [-0.39, 0.29) is 0 Å². The summed E-state index contributed by atoms with van der Waals surface area (Å²) in [6.45, 7) is 1.32. The van der Waals surface area contributed by atoms with Crippen molar-refractivity contribution in [1.29, 1.82) is 0 Å². The highest BCUT2D eigenvalue weighted by Gasteiger charge is 2.10. The van der Waals surface area contributed by atoms with E-state index in [1.165, 1.54) is 5.56 Å². The number of ether oxygens (including phenoxy) is 4. The molecule has 0 fully saturated rings. The predicted octanol–water partition coefficient (Wildman–Crippen LogP) is 4.06.